The lowest BCUT2D eigenvalue weighted by molar-refractivity contribution is -0.182. The van der Waals surface area contributed by atoms with E-state index in [1.54, 1.807) is 17.0 Å². The molecule has 0 aromatic carbocycles. The van der Waals surface area contributed by atoms with Crippen molar-refractivity contribution in [3.63, 3.8) is 0 Å². The van der Waals surface area contributed by atoms with Crippen LogP contribution in [0.25, 0.3) is 0 Å². The van der Waals surface area contributed by atoms with Gasteiger partial charge in [-0.3, -0.25) is 9.69 Å². The molecular weight excluding hydrogens is 400 g/mol. The number of amides is 1. The van der Waals surface area contributed by atoms with Crippen LogP contribution in [0.3, 0.4) is 0 Å². The number of carbonyl (C=O) groups excluding carboxylic acids is 1. The number of pyridine rings is 1. The number of likely N-dealkylation sites (tertiary alicyclic amines) is 1. The summed E-state index contributed by atoms with van der Waals surface area (Å²) in [6.45, 7) is 0.0458. The number of hydrogen-bond acceptors (Lipinski definition) is 4. The Morgan fingerprint density at radius 1 is 1.43 bits per heavy atom. The second-order valence-corrected chi connectivity index (χ2v) is 4.94. The minimum absolute atomic E-state index is 0. The second kappa shape index (κ2) is 6.77. The van der Waals surface area contributed by atoms with Crippen LogP contribution in [-0.2, 0) is 11.3 Å². The molecule has 0 unspecified atom stereocenters. The van der Waals surface area contributed by atoms with Gasteiger partial charge in [0.05, 0.1) is 11.8 Å². The van der Waals surface area contributed by atoms with Crippen molar-refractivity contribution in [2.45, 2.75) is 12.7 Å². The molecule has 1 aromatic heterocycles. The first-order valence-electron chi connectivity index (χ1n) is 6.06. The summed E-state index contributed by atoms with van der Waals surface area (Å²) in [4.78, 5) is 16.6. The number of nitrogen functional groups attached to an aromatic ring is 1. The fourth-order valence-electron chi connectivity index (χ4n) is 2.49. The highest BCUT2D eigenvalue weighted by Crippen LogP contribution is 2.37. The summed E-state index contributed by atoms with van der Waals surface area (Å²) < 4.78 is 38.6. The first-order chi connectivity index (χ1) is 9.27. The lowest BCUT2D eigenvalue weighted by Crippen LogP contribution is -2.37. The van der Waals surface area contributed by atoms with Gasteiger partial charge in [0.1, 0.15) is 5.82 Å². The number of primary amides is 1. The molecule has 0 spiro atoms. The van der Waals surface area contributed by atoms with E-state index in [-0.39, 0.29) is 43.6 Å². The van der Waals surface area contributed by atoms with E-state index in [9.17, 15) is 18.0 Å². The van der Waals surface area contributed by atoms with Crippen LogP contribution in [0.4, 0.5) is 19.0 Å². The van der Waals surface area contributed by atoms with Gasteiger partial charge in [0.15, 0.2) is 0 Å². The molecule has 1 aliphatic heterocycles. The van der Waals surface area contributed by atoms with E-state index >= 15 is 0 Å². The largest absolute Gasteiger partial charge is 0.393 e. The van der Waals surface area contributed by atoms with Gasteiger partial charge in [-0.25, -0.2) is 4.98 Å². The molecule has 0 radical (unpaired) electrons. The minimum Gasteiger partial charge on any atom is -0.384 e. The zero-order chi connectivity index (χ0) is 14.9. The van der Waals surface area contributed by atoms with Gasteiger partial charge in [0.2, 0.25) is 5.91 Å². The van der Waals surface area contributed by atoms with Crippen LogP contribution >= 0.6 is 24.0 Å². The summed E-state index contributed by atoms with van der Waals surface area (Å²) in [7, 11) is 0. The van der Waals surface area contributed by atoms with Crippen LogP contribution in [0.2, 0.25) is 0 Å². The summed E-state index contributed by atoms with van der Waals surface area (Å²) in [5.74, 6) is -3.52. The smallest absolute Gasteiger partial charge is 0.384 e. The maximum atomic E-state index is 12.9. The fourth-order valence-corrected chi connectivity index (χ4v) is 2.49. The van der Waals surface area contributed by atoms with Crippen molar-refractivity contribution >= 4 is 35.7 Å². The average molecular weight is 416 g/mol. The summed E-state index contributed by atoms with van der Waals surface area (Å²) in [6, 6.07) is 3.27. The molecular formula is C12H16F3IN4O. The Morgan fingerprint density at radius 3 is 2.57 bits per heavy atom. The van der Waals surface area contributed by atoms with Crippen LogP contribution in [0.15, 0.2) is 18.3 Å². The van der Waals surface area contributed by atoms with Crippen molar-refractivity contribution in [3.05, 3.63) is 23.9 Å². The van der Waals surface area contributed by atoms with Gasteiger partial charge in [0, 0.05) is 25.8 Å². The third kappa shape index (κ3) is 4.43. The summed E-state index contributed by atoms with van der Waals surface area (Å²) in [6.07, 6.45) is -2.93. The van der Waals surface area contributed by atoms with Crippen molar-refractivity contribution < 1.29 is 18.0 Å². The van der Waals surface area contributed by atoms with E-state index in [4.69, 9.17) is 11.5 Å². The number of carbonyl (C=O) groups is 1. The van der Waals surface area contributed by atoms with Gasteiger partial charge in [-0.05, 0) is 17.7 Å². The van der Waals surface area contributed by atoms with Crippen LogP contribution in [0, 0.1) is 11.8 Å². The SMILES string of the molecule is I.NC(=O)[C@@H]1CN(Cc2ccnc(N)c2)C[C@H]1C(F)(F)F. The zero-order valence-corrected chi connectivity index (χ0v) is 13.3. The molecule has 0 bridgehead atoms. The molecule has 21 heavy (non-hydrogen) atoms. The van der Waals surface area contributed by atoms with Gasteiger partial charge in [-0.1, -0.05) is 0 Å². The average Bonchev–Trinajstić information content (AvgIpc) is 2.73. The molecule has 118 valence electrons. The van der Waals surface area contributed by atoms with Crippen LogP contribution in [0.5, 0.6) is 0 Å². The molecule has 0 saturated carbocycles. The predicted molar refractivity (Wildman–Crippen MR) is 81.6 cm³/mol. The minimum atomic E-state index is -4.42. The maximum absolute atomic E-state index is 12.9. The van der Waals surface area contributed by atoms with Crippen molar-refractivity contribution in [1.82, 2.24) is 9.88 Å². The number of alkyl halides is 3. The predicted octanol–water partition coefficient (Wildman–Crippen LogP) is 1.38. The second-order valence-electron chi connectivity index (χ2n) is 4.94. The normalized spacial score (nSPS) is 22.8. The molecule has 1 fully saturated rings. The van der Waals surface area contributed by atoms with E-state index in [2.05, 4.69) is 4.98 Å². The number of hydrogen-bond donors (Lipinski definition) is 2. The van der Waals surface area contributed by atoms with E-state index in [1.165, 1.54) is 6.20 Å². The van der Waals surface area contributed by atoms with E-state index in [1.807, 2.05) is 0 Å². The van der Waals surface area contributed by atoms with Gasteiger partial charge in [-0.15, -0.1) is 24.0 Å². The Kier molecular flexibility index (Phi) is 5.79. The summed E-state index contributed by atoms with van der Waals surface area (Å²) >= 11 is 0. The molecule has 9 heteroatoms. The number of halogens is 4. The molecule has 5 nitrogen and oxygen atoms in total. The third-order valence-corrected chi connectivity index (χ3v) is 3.43. The number of rotatable bonds is 3. The molecule has 1 aliphatic rings. The molecule has 1 saturated heterocycles. The highest BCUT2D eigenvalue weighted by atomic mass is 127. The summed E-state index contributed by atoms with van der Waals surface area (Å²) in [5.41, 5.74) is 11.3. The van der Waals surface area contributed by atoms with Crippen molar-refractivity contribution in [3.8, 4) is 0 Å². The maximum Gasteiger partial charge on any atom is 0.393 e. The lowest BCUT2D eigenvalue weighted by Gasteiger charge is -2.18. The Labute approximate surface area is 136 Å². The van der Waals surface area contributed by atoms with E-state index < -0.39 is 23.9 Å². The Hall–Kier alpha value is -1.10. The van der Waals surface area contributed by atoms with E-state index in [0.29, 0.717) is 5.82 Å². The lowest BCUT2D eigenvalue weighted by atomic mass is 9.95. The number of nitrogens with zero attached hydrogens (tertiary/aromatic N) is 2. The molecule has 1 amide bonds. The molecule has 4 N–H and O–H groups in total. The van der Waals surface area contributed by atoms with Crippen molar-refractivity contribution in [2.24, 2.45) is 17.6 Å². The third-order valence-electron chi connectivity index (χ3n) is 3.43. The molecule has 2 rings (SSSR count). The van der Waals surface area contributed by atoms with Crippen LogP contribution < -0.4 is 11.5 Å². The standard InChI is InChI=1S/C12H15F3N4O.HI/c13-12(14,15)9-6-19(5-8(9)11(17)20)4-7-1-2-18-10(16)3-7;/h1-3,8-9H,4-6H2,(H2,16,18)(H2,17,20);1H/t8-,9-;/m1./s1. The Bertz CT molecular complexity index is 512. The van der Waals surface area contributed by atoms with Gasteiger partial charge in [-0.2, -0.15) is 13.2 Å². The Balaban J connectivity index is 0.00000220. The Morgan fingerprint density at radius 2 is 2.10 bits per heavy atom. The number of nitrogens with two attached hydrogens (primary N) is 2. The first kappa shape index (κ1) is 18.0. The van der Waals surface area contributed by atoms with Gasteiger partial charge in [0.25, 0.3) is 0 Å². The highest BCUT2D eigenvalue weighted by molar-refractivity contribution is 14.0. The summed E-state index contributed by atoms with van der Waals surface area (Å²) in [5, 5.41) is 0. The molecule has 0 aliphatic carbocycles. The zero-order valence-electron chi connectivity index (χ0n) is 11.0. The van der Waals surface area contributed by atoms with Gasteiger partial charge >= 0.3 is 6.18 Å². The molecule has 2 atom stereocenters. The number of anilines is 1. The molecule has 2 heterocycles. The highest BCUT2D eigenvalue weighted by Gasteiger charge is 2.51. The monoisotopic (exact) mass is 416 g/mol. The van der Waals surface area contributed by atoms with Crippen LogP contribution in [-0.4, -0.2) is 35.1 Å². The topological polar surface area (TPSA) is 85.2 Å². The quantitative estimate of drug-likeness (QED) is 0.730. The molecule has 1 aromatic rings. The van der Waals surface area contributed by atoms with Crippen molar-refractivity contribution in [2.75, 3.05) is 18.8 Å². The van der Waals surface area contributed by atoms with Gasteiger partial charge < -0.3 is 11.5 Å². The van der Waals surface area contributed by atoms with Crippen LogP contribution in [0.1, 0.15) is 5.56 Å². The van der Waals surface area contributed by atoms with E-state index in [0.717, 1.165) is 5.56 Å². The first-order valence-corrected chi connectivity index (χ1v) is 6.06. The van der Waals surface area contributed by atoms with Crippen molar-refractivity contribution in [1.29, 1.82) is 0 Å². The number of aromatic nitrogens is 1. The fraction of sp³-hybridized carbons (Fsp3) is 0.500.